The van der Waals surface area contributed by atoms with Crippen molar-refractivity contribution in [2.45, 2.75) is 18.4 Å². The zero-order chi connectivity index (χ0) is 13.9. The summed E-state index contributed by atoms with van der Waals surface area (Å²) in [5.41, 5.74) is 1.23. The molecule has 2 rings (SSSR count). The van der Waals surface area contributed by atoms with Crippen LogP contribution in [0.4, 0.5) is 0 Å². The number of rotatable bonds is 4. The Morgan fingerprint density at radius 3 is 2.37 bits per heavy atom. The quantitative estimate of drug-likeness (QED) is 0.900. The maximum atomic E-state index is 12.1. The van der Waals surface area contributed by atoms with Crippen LogP contribution in [0.3, 0.4) is 0 Å². The van der Waals surface area contributed by atoms with Crippen molar-refractivity contribution >= 4 is 10.0 Å². The van der Waals surface area contributed by atoms with E-state index in [0.717, 1.165) is 0 Å². The molecule has 0 aliphatic carbocycles. The van der Waals surface area contributed by atoms with Gasteiger partial charge >= 0.3 is 0 Å². The van der Waals surface area contributed by atoms with Gasteiger partial charge in [-0.25, -0.2) is 13.1 Å². The molecule has 0 bridgehead atoms. The lowest BCUT2D eigenvalue weighted by molar-refractivity contribution is 0.467. The van der Waals surface area contributed by atoms with E-state index in [1.54, 1.807) is 49.4 Å². The van der Waals surface area contributed by atoms with E-state index in [-0.39, 0.29) is 17.2 Å². The maximum Gasteiger partial charge on any atom is 0.241 e. The maximum absolute atomic E-state index is 12.1. The molecule has 0 fully saturated rings. The molecule has 0 heterocycles. The van der Waals surface area contributed by atoms with E-state index >= 15 is 0 Å². The van der Waals surface area contributed by atoms with E-state index in [2.05, 4.69) is 4.72 Å². The average molecular weight is 277 g/mol. The minimum Gasteiger partial charge on any atom is -0.508 e. The highest BCUT2D eigenvalue weighted by molar-refractivity contribution is 7.89. The second kappa shape index (κ2) is 5.42. The van der Waals surface area contributed by atoms with Crippen molar-refractivity contribution in [3.05, 3.63) is 59.7 Å². The monoisotopic (exact) mass is 277 g/mol. The van der Waals surface area contributed by atoms with E-state index in [1.165, 1.54) is 6.07 Å². The summed E-state index contributed by atoms with van der Waals surface area (Å²) in [7, 11) is -3.57. The van der Waals surface area contributed by atoms with Gasteiger partial charge in [0.1, 0.15) is 5.75 Å². The Morgan fingerprint density at radius 2 is 1.68 bits per heavy atom. The van der Waals surface area contributed by atoms with Gasteiger partial charge in [-0.05, 0) is 24.6 Å². The molecule has 5 heteroatoms. The van der Waals surface area contributed by atoms with Crippen LogP contribution >= 0.6 is 0 Å². The number of aryl methyl sites for hydroxylation is 1. The highest BCUT2D eigenvalue weighted by Gasteiger charge is 2.16. The molecule has 0 saturated heterocycles. The Bertz CT molecular complexity index is 681. The summed E-state index contributed by atoms with van der Waals surface area (Å²) in [5.74, 6) is 0.0787. The summed E-state index contributed by atoms with van der Waals surface area (Å²) in [4.78, 5) is 0.255. The molecule has 0 aliphatic rings. The van der Waals surface area contributed by atoms with Crippen molar-refractivity contribution in [3.63, 3.8) is 0 Å². The van der Waals surface area contributed by atoms with Crippen molar-refractivity contribution in [1.82, 2.24) is 4.72 Å². The van der Waals surface area contributed by atoms with Crippen LogP contribution in [-0.4, -0.2) is 13.5 Å². The first kappa shape index (κ1) is 13.6. The highest BCUT2D eigenvalue weighted by atomic mass is 32.2. The van der Waals surface area contributed by atoms with Crippen LogP contribution in [0.15, 0.2) is 53.4 Å². The van der Waals surface area contributed by atoms with Crippen LogP contribution in [0.1, 0.15) is 11.1 Å². The normalized spacial score (nSPS) is 11.4. The fourth-order valence-electron chi connectivity index (χ4n) is 1.77. The summed E-state index contributed by atoms with van der Waals surface area (Å²) < 4.78 is 26.8. The number of benzene rings is 2. The van der Waals surface area contributed by atoms with E-state index in [4.69, 9.17) is 0 Å². The minimum atomic E-state index is -3.57. The van der Waals surface area contributed by atoms with Crippen LogP contribution < -0.4 is 4.72 Å². The molecule has 19 heavy (non-hydrogen) atoms. The highest BCUT2D eigenvalue weighted by Crippen LogP contribution is 2.18. The summed E-state index contributed by atoms with van der Waals surface area (Å²) in [5, 5.41) is 9.60. The van der Waals surface area contributed by atoms with Crippen molar-refractivity contribution < 1.29 is 13.5 Å². The molecule has 2 N–H and O–H groups in total. The van der Waals surface area contributed by atoms with Gasteiger partial charge in [-0.2, -0.15) is 0 Å². The first-order valence-electron chi connectivity index (χ1n) is 5.83. The van der Waals surface area contributed by atoms with E-state index in [0.29, 0.717) is 11.1 Å². The largest absolute Gasteiger partial charge is 0.508 e. The van der Waals surface area contributed by atoms with Gasteiger partial charge in [-0.1, -0.05) is 36.4 Å². The molecule has 2 aromatic rings. The van der Waals surface area contributed by atoms with Gasteiger partial charge in [0.2, 0.25) is 10.0 Å². The molecule has 0 radical (unpaired) electrons. The zero-order valence-electron chi connectivity index (χ0n) is 10.5. The number of para-hydroxylation sites is 1. The predicted molar refractivity (Wildman–Crippen MR) is 73.3 cm³/mol. The molecular formula is C14H15NO3S. The number of sulfonamides is 1. The SMILES string of the molecule is Cc1ccccc1S(=O)(=O)NCc1ccccc1O. The van der Waals surface area contributed by atoms with Gasteiger partial charge in [-0.15, -0.1) is 0 Å². The first-order valence-corrected chi connectivity index (χ1v) is 7.31. The molecule has 4 nitrogen and oxygen atoms in total. The number of aromatic hydroxyl groups is 1. The van der Waals surface area contributed by atoms with E-state index in [9.17, 15) is 13.5 Å². The molecule has 0 spiro atoms. The number of phenolic OH excluding ortho intramolecular Hbond substituents is 1. The zero-order valence-corrected chi connectivity index (χ0v) is 11.3. The van der Waals surface area contributed by atoms with Crippen molar-refractivity contribution in [2.24, 2.45) is 0 Å². The predicted octanol–water partition coefficient (Wildman–Crippen LogP) is 2.18. The van der Waals surface area contributed by atoms with Crippen LogP contribution in [0.25, 0.3) is 0 Å². The molecule has 0 atom stereocenters. The fraction of sp³-hybridized carbons (Fsp3) is 0.143. The third kappa shape index (κ3) is 3.13. The van der Waals surface area contributed by atoms with Crippen molar-refractivity contribution in [2.75, 3.05) is 0 Å². The molecular weight excluding hydrogens is 262 g/mol. The molecule has 0 unspecified atom stereocenters. The van der Waals surface area contributed by atoms with Crippen LogP contribution in [-0.2, 0) is 16.6 Å². The lowest BCUT2D eigenvalue weighted by Gasteiger charge is -2.09. The van der Waals surface area contributed by atoms with Gasteiger partial charge in [0.25, 0.3) is 0 Å². The average Bonchev–Trinajstić information content (AvgIpc) is 2.38. The Balaban J connectivity index is 2.20. The molecule has 100 valence electrons. The summed E-state index contributed by atoms with van der Waals surface area (Å²) >= 11 is 0. The Labute approximate surface area is 112 Å². The van der Waals surface area contributed by atoms with Crippen molar-refractivity contribution in [3.8, 4) is 5.75 Å². The van der Waals surface area contributed by atoms with Crippen LogP contribution in [0, 0.1) is 6.92 Å². The van der Waals surface area contributed by atoms with Gasteiger partial charge in [0, 0.05) is 12.1 Å². The smallest absolute Gasteiger partial charge is 0.241 e. The summed E-state index contributed by atoms with van der Waals surface area (Å²) in [6.45, 7) is 1.80. The topological polar surface area (TPSA) is 66.4 Å². The van der Waals surface area contributed by atoms with Crippen LogP contribution in [0.2, 0.25) is 0 Å². The van der Waals surface area contributed by atoms with Gasteiger partial charge < -0.3 is 5.11 Å². The van der Waals surface area contributed by atoms with E-state index < -0.39 is 10.0 Å². The van der Waals surface area contributed by atoms with Crippen LogP contribution in [0.5, 0.6) is 5.75 Å². The van der Waals surface area contributed by atoms with Crippen molar-refractivity contribution in [1.29, 1.82) is 0 Å². The van der Waals surface area contributed by atoms with Gasteiger partial charge in [0.15, 0.2) is 0 Å². The summed E-state index contributed by atoms with van der Waals surface area (Å²) in [6.07, 6.45) is 0. The minimum absolute atomic E-state index is 0.0589. The van der Waals surface area contributed by atoms with Gasteiger partial charge in [0.05, 0.1) is 4.90 Å². The molecule has 2 aromatic carbocycles. The second-order valence-electron chi connectivity index (χ2n) is 4.22. The Morgan fingerprint density at radius 1 is 1.05 bits per heavy atom. The summed E-state index contributed by atoms with van der Waals surface area (Å²) in [6, 6.07) is 13.4. The molecule has 0 aliphatic heterocycles. The Kier molecular flexibility index (Phi) is 3.87. The number of hydrogen-bond acceptors (Lipinski definition) is 3. The standard InChI is InChI=1S/C14H15NO3S/c1-11-6-2-5-9-14(11)19(17,18)15-10-12-7-3-4-8-13(12)16/h2-9,15-16H,10H2,1H3. The molecule has 0 saturated carbocycles. The lowest BCUT2D eigenvalue weighted by atomic mass is 10.2. The number of hydrogen-bond donors (Lipinski definition) is 2. The number of phenols is 1. The third-order valence-corrected chi connectivity index (χ3v) is 4.39. The molecule has 0 amide bonds. The number of nitrogens with one attached hydrogen (secondary N) is 1. The Hall–Kier alpha value is -1.85. The fourth-order valence-corrected chi connectivity index (χ4v) is 3.02. The molecule has 0 aromatic heterocycles. The first-order chi connectivity index (χ1) is 9.00. The second-order valence-corrected chi connectivity index (χ2v) is 5.95. The van der Waals surface area contributed by atoms with E-state index in [1.807, 2.05) is 0 Å². The lowest BCUT2D eigenvalue weighted by Crippen LogP contribution is -2.24. The van der Waals surface area contributed by atoms with Gasteiger partial charge in [-0.3, -0.25) is 0 Å². The third-order valence-electron chi connectivity index (χ3n) is 2.83.